The van der Waals surface area contributed by atoms with Crippen LogP contribution in [0.4, 0.5) is 0 Å². The first-order chi connectivity index (χ1) is 19.4. The van der Waals surface area contributed by atoms with Gasteiger partial charge in [0.05, 0.1) is 12.2 Å². The van der Waals surface area contributed by atoms with Gasteiger partial charge in [-0.3, -0.25) is 0 Å². The molecule has 5 aliphatic rings. The van der Waals surface area contributed by atoms with E-state index in [1.54, 1.807) is 0 Å². The minimum Gasteiger partial charge on any atom is -0.390 e. The van der Waals surface area contributed by atoms with Gasteiger partial charge in [-0.2, -0.15) is 0 Å². The largest absolute Gasteiger partial charge is 0.390 e. The Kier molecular flexibility index (Phi) is 8.45. The van der Waals surface area contributed by atoms with Crippen LogP contribution in [0.5, 0.6) is 0 Å². The van der Waals surface area contributed by atoms with E-state index in [0.29, 0.717) is 28.6 Å². The molecule has 0 radical (unpaired) electrons. The summed E-state index contributed by atoms with van der Waals surface area (Å²) < 4.78 is 0. The van der Waals surface area contributed by atoms with Crippen LogP contribution in [0.1, 0.15) is 107 Å². The molecule has 6 unspecified atom stereocenters. The van der Waals surface area contributed by atoms with Gasteiger partial charge < -0.3 is 31.3 Å². The van der Waals surface area contributed by atoms with Gasteiger partial charge in [-0.15, -0.1) is 0 Å². The number of hydrogen-bond acceptors (Lipinski definition) is 6. The van der Waals surface area contributed by atoms with E-state index in [-0.39, 0.29) is 34.6 Å². The molecule has 5 rings (SSSR count). The summed E-state index contributed by atoms with van der Waals surface area (Å²) in [4.78, 5) is 0. The van der Waals surface area contributed by atoms with Crippen LogP contribution in [-0.2, 0) is 0 Å². The smallest absolute Gasteiger partial charge is 0.111 e. The average molecular weight is 590 g/mol. The first-order valence-electron chi connectivity index (χ1n) is 17.2. The molecule has 5 aliphatic carbocycles. The van der Waals surface area contributed by atoms with Gasteiger partial charge in [0.15, 0.2) is 0 Å². The third kappa shape index (κ3) is 4.39. The van der Waals surface area contributed by atoms with Crippen molar-refractivity contribution < 1.29 is 25.5 Å². The van der Waals surface area contributed by atoms with Crippen molar-refractivity contribution in [1.82, 2.24) is 0 Å². The maximum Gasteiger partial charge on any atom is 0.111 e. The summed E-state index contributed by atoms with van der Waals surface area (Å²) in [7, 11) is 0. The summed E-state index contributed by atoms with van der Waals surface area (Å²) in [6, 6.07) is 0. The van der Waals surface area contributed by atoms with Crippen LogP contribution in [-0.4, -0.2) is 62.6 Å². The fourth-order valence-corrected chi connectivity index (χ4v) is 12.6. The van der Waals surface area contributed by atoms with E-state index in [0.717, 1.165) is 31.1 Å². The van der Waals surface area contributed by atoms with Gasteiger partial charge in [0.25, 0.3) is 0 Å². The van der Waals surface area contributed by atoms with Crippen LogP contribution in [0.3, 0.4) is 0 Å². The Morgan fingerprint density at radius 2 is 1.21 bits per heavy atom. The summed E-state index contributed by atoms with van der Waals surface area (Å²) in [5.41, 5.74) is 6.73. The highest BCUT2D eigenvalue weighted by Crippen LogP contribution is 2.76. The van der Waals surface area contributed by atoms with E-state index in [4.69, 9.17) is 5.73 Å². The second-order valence-electron chi connectivity index (χ2n) is 17.5. The van der Waals surface area contributed by atoms with Gasteiger partial charge in [0.1, 0.15) is 18.3 Å². The van der Waals surface area contributed by atoms with Crippen molar-refractivity contribution in [3.8, 4) is 0 Å². The van der Waals surface area contributed by atoms with Gasteiger partial charge in [-0.1, -0.05) is 67.5 Å². The second kappa shape index (κ2) is 10.8. The van der Waals surface area contributed by atoms with Crippen LogP contribution in [0, 0.1) is 68.5 Å². The van der Waals surface area contributed by atoms with Gasteiger partial charge in [0, 0.05) is 6.54 Å². The molecule has 6 heteroatoms. The summed E-state index contributed by atoms with van der Waals surface area (Å²) in [6.07, 6.45) is 7.62. The molecule has 0 saturated heterocycles. The zero-order valence-corrected chi connectivity index (χ0v) is 27.8. The van der Waals surface area contributed by atoms with Crippen molar-refractivity contribution in [3.63, 3.8) is 0 Å². The molecule has 6 nitrogen and oxygen atoms in total. The predicted octanol–water partition coefficient (Wildman–Crippen LogP) is 4.90. The molecular weight excluding hydrogens is 526 g/mol. The van der Waals surface area contributed by atoms with E-state index in [1.165, 1.54) is 32.1 Å². The summed E-state index contributed by atoms with van der Waals surface area (Å²) in [5, 5.41) is 52.7. The zero-order chi connectivity index (χ0) is 31.2. The number of fused-ring (bicyclic) bond motifs is 7. The summed E-state index contributed by atoms with van der Waals surface area (Å²) in [6.45, 7) is 19.7. The molecule has 0 aromatic rings. The number of aliphatic hydroxyl groups is 5. The maximum atomic E-state index is 11.2. The second-order valence-corrected chi connectivity index (χ2v) is 17.5. The lowest BCUT2D eigenvalue weighted by Gasteiger charge is -2.71. The molecule has 7 N–H and O–H groups in total. The molecule has 0 bridgehead atoms. The topological polar surface area (TPSA) is 127 Å². The predicted molar refractivity (Wildman–Crippen MR) is 167 cm³/mol. The van der Waals surface area contributed by atoms with Crippen molar-refractivity contribution in [2.24, 2.45) is 74.2 Å². The third-order valence-corrected chi connectivity index (χ3v) is 15.9. The molecule has 0 aliphatic heterocycles. The molecule has 4 saturated carbocycles. The highest BCUT2D eigenvalue weighted by molar-refractivity contribution is 5.27. The molecule has 42 heavy (non-hydrogen) atoms. The molecule has 0 aromatic heterocycles. The Hall–Kier alpha value is -0.500. The van der Waals surface area contributed by atoms with Gasteiger partial charge in [-0.05, 0) is 120 Å². The lowest BCUT2D eigenvalue weighted by atomic mass is 9.33. The van der Waals surface area contributed by atoms with E-state index in [2.05, 4.69) is 60.6 Å². The number of rotatable bonds is 7. The van der Waals surface area contributed by atoms with Crippen molar-refractivity contribution in [1.29, 1.82) is 0 Å². The summed E-state index contributed by atoms with van der Waals surface area (Å²) in [5.74, 6) is 3.01. The van der Waals surface area contributed by atoms with E-state index in [1.807, 2.05) is 6.92 Å². The fraction of sp³-hybridized carbons (Fsp3) is 0.944. The molecule has 16 atom stereocenters. The first-order valence-corrected chi connectivity index (χ1v) is 17.2. The highest BCUT2D eigenvalue weighted by Gasteiger charge is 2.69. The van der Waals surface area contributed by atoms with E-state index < -0.39 is 30.5 Å². The minimum atomic E-state index is -1.66. The molecule has 0 spiro atoms. The zero-order valence-electron chi connectivity index (χ0n) is 27.8. The van der Waals surface area contributed by atoms with Gasteiger partial charge in [-0.25, -0.2) is 0 Å². The number of aliphatic hydroxyl groups excluding tert-OH is 5. The van der Waals surface area contributed by atoms with Gasteiger partial charge in [0.2, 0.25) is 0 Å². The Labute approximate surface area is 255 Å². The average Bonchev–Trinajstić information content (AvgIpc) is 3.30. The van der Waals surface area contributed by atoms with Crippen molar-refractivity contribution in [3.05, 3.63) is 12.2 Å². The number of nitrogens with two attached hydrogens (primary N) is 1. The standard InChI is InChI=1S/C36H63NO5/c1-20-11-15-34(6)25(32(20,3)4)14-18-36(8)27(34)10-9-26-33(5)16-12-22(23(33)13-17-35(26,36)7)21(2)28(39)30(41)31(42)29(40)24(38)19-37/h9-10,20-31,38-42H,11-19,37H2,1-8H3/t20-,21?,22+,23-,24?,25-,26+,27+,28?,29?,30?,31?,33-,34-,35+,36+/m0/s1. The summed E-state index contributed by atoms with van der Waals surface area (Å²) >= 11 is 0. The Morgan fingerprint density at radius 3 is 1.81 bits per heavy atom. The van der Waals surface area contributed by atoms with Crippen LogP contribution < -0.4 is 5.73 Å². The Morgan fingerprint density at radius 1 is 0.690 bits per heavy atom. The van der Waals surface area contributed by atoms with E-state index in [9.17, 15) is 25.5 Å². The molecule has 242 valence electrons. The lowest BCUT2D eigenvalue weighted by molar-refractivity contribution is -0.206. The molecule has 0 heterocycles. The molecule has 4 fully saturated rings. The first kappa shape index (κ1) is 32.9. The molecular formula is C36H63NO5. The Balaban J connectivity index is 1.40. The molecule has 0 aromatic carbocycles. The Bertz CT molecular complexity index is 1030. The van der Waals surface area contributed by atoms with Crippen molar-refractivity contribution in [2.75, 3.05) is 6.54 Å². The minimum absolute atomic E-state index is 0.118. The normalized spacial score (nSPS) is 50.3. The maximum absolute atomic E-state index is 11.2. The van der Waals surface area contributed by atoms with Crippen molar-refractivity contribution >= 4 is 0 Å². The van der Waals surface area contributed by atoms with Gasteiger partial charge >= 0.3 is 0 Å². The van der Waals surface area contributed by atoms with Crippen LogP contribution in [0.2, 0.25) is 0 Å². The molecule has 0 amide bonds. The fourth-order valence-electron chi connectivity index (χ4n) is 12.6. The van der Waals surface area contributed by atoms with Crippen LogP contribution >= 0.6 is 0 Å². The van der Waals surface area contributed by atoms with Crippen LogP contribution in [0.15, 0.2) is 12.2 Å². The van der Waals surface area contributed by atoms with Crippen molar-refractivity contribution in [2.45, 2.75) is 137 Å². The monoisotopic (exact) mass is 589 g/mol. The highest BCUT2D eigenvalue weighted by atomic mass is 16.4. The quantitative estimate of drug-likeness (QED) is 0.235. The number of allylic oxidation sites excluding steroid dienone is 2. The lowest BCUT2D eigenvalue weighted by Crippen LogP contribution is -2.65. The van der Waals surface area contributed by atoms with E-state index >= 15 is 0 Å². The van der Waals surface area contributed by atoms with Crippen LogP contribution in [0.25, 0.3) is 0 Å². The SMILES string of the molecule is CC(C(O)C(O)C(O)C(O)C(O)CN)[C@H]1CC[C@]2(C)[C@H]3C=C[C@@H]4[C@@]5(C)CC[C@H](C)C(C)(C)[C@@H]5CC[C@@]4(C)[C@]3(C)CC[C@@H]12. The number of hydrogen-bond donors (Lipinski definition) is 6. The third-order valence-electron chi connectivity index (χ3n) is 15.9.